The summed E-state index contributed by atoms with van der Waals surface area (Å²) in [5, 5.41) is 0. The Balaban J connectivity index is 3.22. The van der Waals surface area contributed by atoms with E-state index < -0.39 is 0 Å². The summed E-state index contributed by atoms with van der Waals surface area (Å²) in [6.07, 6.45) is 0. The van der Waals surface area contributed by atoms with Crippen molar-refractivity contribution >= 4 is 11.3 Å². The summed E-state index contributed by atoms with van der Waals surface area (Å²) in [5.41, 5.74) is 3.11. The van der Waals surface area contributed by atoms with Crippen molar-refractivity contribution in [2.24, 2.45) is 0 Å². The van der Waals surface area contributed by atoms with Crippen LogP contribution in [0.5, 0.6) is 0 Å². The van der Waals surface area contributed by atoms with Crippen molar-refractivity contribution in [1.82, 2.24) is 0 Å². The van der Waals surface area contributed by atoms with E-state index in [4.69, 9.17) is 0 Å². The summed E-state index contributed by atoms with van der Waals surface area (Å²) in [5.74, 6) is 1.35. The third-order valence-corrected chi connectivity index (χ3v) is 4.04. The lowest BCUT2D eigenvalue weighted by molar-refractivity contribution is 0.836. The second-order valence-corrected chi connectivity index (χ2v) is 5.63. The van der Waals surface area contributed by atoms with Crippen LogP contribution in [0.15, 0.2) is 0 Å². The average molecular weight is 196 g/mol. The van der Waals surface area contributed by atoms with E-state index >= 15 is 0 Å². The van der Waals surface area contributed by atoms with Crippen LogP contribution in [0.4, 0.5) is 0 Å². The van der Waals surface area contributed by atoms with E-state index in [0.717, 1.165) is 0 Å². The van der Waals surface area contributed by atoms with Crippen LogP contribution in [-0.4, -0.2) is 0 Å². The molecule has 0 aliphatic carbocycles. The number of thiophene rings is 1. The van der Waals surface area contributed by atoms with Gasteiger partial charge in [-0.3, -0.25) is 0 Å². The van der Waals surface area contributed by atoms with Gasteiger partial charge in [-0.1, -0.05) is 27.7 Å². The molecule has 1 rings (SSSR count). The van der Waals surface area contributed by atoms with Gasteiger partial charge in [-0.05, 0) is 36.8 Å². The zero-order valence-corrected chi connectivity index (χ0v) is 10.4. The van der Waals surface area contributed by atoms with Crippen LogP contribution in [-0.2, 0) is 0 Å². The maximum atomic E-state index is 2.28. The molecule has 1 heteroatoms. The van der Waals surface area contributed by atoms with E-state index in [1.165, 1.54) is 10.4 Å². The largest absolute Gasteiger partial charge is 0.145 e. The Morgan fingerprint density at radius 2 is 1.46 bits per heavy atom. The maximum absolute atomic E-state index is 2.28. The Morgan fingerprint density at radius 1 is 0.923 bits per heavy atom. The monoisotopic (exact) mass is 196 g/mol. The smallest absolute Gasteiger partial charge is 0.0106 e. The summed E-state index contributed by atoms with van der Waals surface area (Å²) in [7, 11) is 0. The quantitative estimate of drug-likeness (QED) is 0.648. The van der Waals surface area contributed by atoms with Crippen molar-refractivity contribution in [1.29, 1.82) is 0 Å². The molecule has 0 radical (unpaired) electrons. The lowest BCUT2D eigenvalue weighted by atomic mass is 9.96. The van der Waals surface area contributed by atoms with Crippen molar-refractivity contribution in [2.75, 3.05) is 0 Å². The molecule has 13 heavy (non-hydrogen) atoms. The molecule has 0 saturated heterocycles. The predicted octanol–water partition coefficient (Wildman–Crippen LogP) is 4.61. The lowest BCUT2D eigenvalue weighted by Crippen LogP contribution is -1.92. The fraction of sp³-hybridized carbons (Fsp3) is 0.667. The van der Waals surface area contributed by atoms with E-state index in [2.05, 4.69) is 41.5 Å². The van der Waals surface area contributed by atoms with Crippen LogP contribution in [0.25, 0.3) is 0 Å². The normalized spacial score (nSPS) is 11.7. The molecular formula is C12H20S. The summed E-state index contributed by atoms with van der Waals surface area (Å²) in [6.45, 7) is 13.6. The molecule has 0 aliphatic rings. The molecule has 1 aromatic rings. The van der Waals surface area contributed by atoms with Crippen LogP contribution in [0.3, 0.4) is 0 Å². The molecule has 1 aromatic heterocycles. The van der Waals surface area contributed by atoms with E-state index in [0.29, 0.717) is 11.8 Å². The van der Waals surface area contributed by atoms with Gasteiger partial charge in [0, 0.05) is 9.75 Å². The average Bonchev–Trinajstić information content (AvgIpc) is 2.26. The van der Waals surface area contributed by atoms with Gasteiger partial charge in [-0.25, -0.2) is 0 Å². The molecule has 74 valence electrons. The number of hydrogen-bond donors (Lipinski definition) is 0. The van der Waals surface area contributed by atoms with E-state index in [1.54, 1.807) is 10.4 Å². The topological polar surface area (TPSA) is 0 Å². The first-order valence-electron chi connectivity index (χ1n) is 5.04. The van der Waals surface area contributed by atoms with Gasteiger partial charge in [0.25, 0.3) is 0 Å². The van der Waals surface area contributed by atoms with Gasteiger partial charge in [0.1, 0.15) is 0 Å². The Labute approximate surface area is 86.0 Å². The zero-order valence-electron chi connectivity index (χ0n) is 9.56. The fourth-order valence-corrected chi connectivity index (χ4v) is 3.41. The molecule has 0 N–H and O–H groups in total. The molecule has 0 aromatic carbocycles. The first-order valence-corrected chi connectivity index (χ1v) is 5.86. The van der Waals surface area contributed by atoms with Gasteiger partial charge in [0.15, 0.2) is 0 Å². The Bertz CT molecular complexity index is 292. The molecule has 0 amide bonds. The van der Waals surface area contributed by atoms with Crippen molar-refractivity contribution in [2.45, 2.75) is 53.4 Å². The molecule has 0 atom stereocenters. The van der Waals surface area contributed by atoms with Gasteiger partial charge < -0.3 is 0 Å². The maximum Gasteiger partial charge on any atom is 0.0106 e. The second-order valence-electron chi connectivity index (χ2n) is 4.37. The molecule has 0 unspecified atom stereocenters. The molecule has 0 bridgehead atoms. The van der Waals surface area contributed by atoms with E-state index in [1.807, 2.05) is 11.3 Å². The molecule has 0 nitrogen and oxygen atoms in total. The molecule has 0 spiro atoms. The highest BCUT2D eigenvalue weighted by atomic mass is 32.1. The van der Waals surface area contributed by atoms with Crippen LogP contribution < -0.4 is 0 Å². The van der Waals surface area contributed by atoms with Crippen LogP contribution >= 0.6 is 11.3 Å². The van der Waals surface area contributed by atoms with Crippen LogP contribution in [0.1, 0.15) is 60.4 Å². The Kier molecular flexibility index (Phi) is 3.18. The summed E-state index contributed by atoms with van der Waals surface area (Å²) >= 11 is 1.98. The second kappa shape index (κ2) is 3.83. The van der Waals surface area contributed by atoms with Crippen LogP contribution in [0.2, 0.25) is 0 Å². The van der Waals surface area contributed by atoms with Gasteiger partial charge >= 0.3 is 0 Å². The van der Waals surface area contributed by atoms with E-state index in [9.17, 15) is 0 Å². The van der Waals surface area contributed by atoms with Gasteiger partial charge in [0.2, 0.25) is 0 Å². The fourth-order valence-electron chi connectivity index (χ4n) is 2.08. The number of rotatable bonds is 2. The lowest BCUT2D eigenvalue weighted by Gasteiger charge is -2.08. The number of aryl methyl sites for hydroxylation is 1. The summed E-state index contributed by atoms with van der Waals surface area (Å²) < 4.78 is 0. The predicted molar refractivity (Wildman–Crippen MR) is 62.0 cm³/mol. The highest BCUT2D eigenvalue weighted by Crippen LogP contribution is 2.36. The Hall–Kier alpha value is -0.300. The van der Waals surface area contributed by atoms with Crippen molar-refractivity contribution in [3.63, 3.8) is 0 Å². The third kappa shape index (κ3) is 1.96. The van der Waals surface area contributed by atoms with Crippen molar-refractivity contribution in [3.05, 3.63) is 20.9 Å². The van der Waals surface area contributed by atoms with Gasteiger partial charge in [0.05, 0.1) is 0 Å². The summed E-state index contributed by atoms with van der Waals surface area (Å²) in [4.78, 5) is 3.08. The molecule has 0 saturated carbocycles. The van der Waals surface area contributed by atoms with Crippen molar-refractivity contribution in [3.8, 4) is 0 Å². The highest BCUT2D eigenvalue weighted by Gasteiger charge is 2.16. The summed E-state index contributed by atoms with van der Waals surface area (Å²) in [6, 6.07) is 0. The van der Waals surface area contributed by atoms with Crippen molar-refractivity contribution < 1.29 is 0 Å². The Morgan fingerprint density at radius 3 is 1.69 bits per heavy atom. The molecular weight excluding hydrogens is 176 g/mol. The standard InChI is InChI=1S/C12H20S/c1-7(2)11-9(5)12(8(3)4)13-10(11)6/h7-8H,1-6H3. The van der Waals surface area contributed by atoms with E-state index in [-0.39, 0.29) is 0 Å². The zero-order chi connectivity index (χ0) is 10.2. The minimum absolute atomic E-state index is 0.670. The van der Waals surface area contributed by atoms with Gasteiger partial charge in [-0.2, -0.15) is 0 Å². The van der Waals surface area contributed by atoms with Gasteiger partial charge in [-0.15, -0.1) is 11.3 Å². The SMILES string of the molecule is Cc1sc(C(C)C)c(C)c1C(C)C. The molecule has 1 heterocycles. The molecule has 0 aliphatic heterocycles. The number of hydrogen-bond acceptors (Lipinski definition) is 1. The minimum Gasteiger partial charge on any atom is -0.145 e. The highest BCUT2D eigenvalue weighted by molar-refractivity contribution is 7.12. The first-order chi connectivity index (χ1) is 5.95. The minimum atomic E-state index is 0.670. The molecule has 0 fully saturated rings. The first kappa shape index (κ1) is 10.8. The van der Waals surface area contributed by atoms with Crippen LogP contribution in [0, 0.1) is 13.8 Å². The third-order valence-electron chi connectivity index (χ3n) is 2.52.